The van der Waals surface area contributed by atoms with E-state index in [1.807, 2.05) is 37.3 Å². The lowest BCUT2D eigenvalue weighted by Crippen LogP contribution is -2.31. The van der Waals surface area contributed by atoms with Gasteiger partial charge in [0.05, 0.1) is 0 Å². The average Bonchev–Trinajstić information content (AvgIpc) is 2.18. The van der Waals surface area contributed by atoms with Crippen molar-refractivity contribution < 1.29 is 9.84 Å². The first kappa shape index (κ1) is 10.2. The summed E-state index contributed by atoms with van der Waals surface area (Å²) in [6.07, 6.45) is 0. The highest BCUT2D eigenvalue weighted by Crippen LogP contribution is 2.28. The predicted molar refractivity (Wildman–Crippen MR) is 51.0 cm³/mol. The average molecular weight is 179 g/mol. The molecule has 0 fully saturated rings. The summed E-state index contributed by atoms with van der Waals surface area (Å²) in [7, 11) is 1.45. The van der Waals surface area contributed by atoms with E-state index in [2.05, 4.69) is 0 Å². The minimum Gasteiger partial charge on any atom is -0.350 e. The molecule has 2 heteroatoms. The minimum absolute atomic E-state index is 0.140. The van der Waals surface area contributed by atoms with Crippen LogP contribution in [-0.4, -0.2) is 12.9 Å². The molecule has 0 amide bonds. The third kappa shape index (κ3) is 2.29. The van der Waals surface area contributed by atoms with E-state index < -0.39 is 5.79 Å². The van der Waals surface area contributed by atoms with Gasteiger partial charge >= 0.3 is 0 Å². The lowest BCUT2D eigenvalue weighted by atomic mass is 9.93. The van der Waals surface area contributed by atoms with Gasteiger partial charge in [-0.2, -0.15) is 5.11 Å². The van der Waals surface area contributed by atoms with E-state index in [-0.39, 0.29) is 5.92 Å². The second-order valence-electron chi connectivity index (χ2n) is 3.35. The topological polar surface area (TPSA) is 29.1 Å². The second-order valence-corrected chi connectivity index (χ2v) is 3.35. The number of rotatable bonds is 3. The normalized spacial score (nSPS) is 17.8. The van der Waals surface area contributed by atoms with Crippen molar-refractivity contribution in [3.8, 4) is 0 Å². The Morgan fingerprint density at radius 2 is 1.85 bits per heavy atom. The third-order valence-electron chi connectivity index (χ3n) is 2.49. The Morgan fingerprint density at radius 3 is 2.31 bits per heavy atom. The van der Waals surface area contributed by atoms with E-state index in [4.69, 9.17) is 4.74 Å². The smallest absolute Gasteiger partial charge is 0.205 e. The number of hydrogen-bond acceptors (Lipinski definition) is 1. The maximum absolute atomic E-state index is 11.7. The fourth-order valence-electron chi connectivity index (χ4n) is 1.22. The molecule has 2 nitrogen and oxygen atoms in total. The van der Waals surface area contributed by atoms with Crippen LogP contribution in [-0.2, 0) is 9.84 Å². The first-order chi connectivity index (χ1) is 6.08. The highest BCUT2D eigenvalue weighted by molar-refractivity contribution is 5.20. The molecule has 2 atom stereocenters. The molecule has 0 spiro atoms. The van der Waals surface area contributed by atoms with Crippen LogP contribution >= 0.6 is 0 Å². The van der Waals surface area contributed by atoms with Gasteiger partial charge in [-0.05, 0) is 12.5 Å². The molecular weight excluding hydrogens is 164 g/mol. The van der Waals surface area contributed by atoms with Crippen molar-refractivity contribution >= 4 is 0 Å². The molecule has 0 saturated heterocycles. The number of methoxy groups -OCH3 is 1. The van der Waals surface area contributed by atoms with E-state index in [0.29, 0.717) is 0 Å². The largest absolute Gasteiger partial charge is 0.350 e. The van der Waals surface area contributed by atoms with Crippen LogP contribution in [0.3, 0.4) is 0 Å². The molecule has 2 unspecified atom stereocenters. The number of ether oxygens (including phenoxy) is 1. The fourth-order valence-corrected chi connectivity index (χ4v) is 1.22. The molecule has 0 heterocycles. The van der Waals surface area contributed by atoms with Gasteiger partial charge in [0.2, 0.25) is 5.79 Å². The predicted octanol–water partition coefficient (Wildman–Crippen LogP) is 2.58. The molecule has 13 heavy (non-hydrogen) atoms. The SMILES string of the molecule is COC(C)([O])C(C)c1ccccc1. The van der Waals surface area contributed by atoms with Gasteiger partial charge in [0.1, 0.15) is 0 Å². The first-order valence-corrected chi connectivity index (χ1v) is 4.38. The molecule has 1 aromatic carbocycles. The highest BCUT2D eigenvalue weighted by atomic mass is 16.6. The van der Waals surface area contributed by atoms with Gasteiger partial charge in [-0.3, -0.25) is 0 Å². The van der Waals surface area contributed by atoms with Crippen LogP contribution in [0.1, 0.15) is 25.3 Å². The minimum atomic E-state index is -1.35. The van der Waals surface area contributed by atoms with Crippen LogP contribution in [0.5, 0.6) is 0 Å². The van der Waals surface area contributed by atoms with Crippen molar-refractivity contribution in [3.05, 3.63) is 35.9 Å². The first-order valence-electron chi connectivity index (χ1n) is 4.38. The summed E-state index contributed by atoms with van der Waals surface area (Å²) in [4.78, 5) is 0. The zero-order valence-corrected chi connectivity index (χ0v) is 8.28. The Morgan fingerprint density at radius 1 is 1.31 bits per heavy atom. The van der Waals surface area contributed by atoms with Crippen LogP contribution < -0.4 is 0 Å². The number of hydrogen-bond donors (Lipinski definition) is 0. The molecule has 0 bridgehead atoms. The molecule has 0 N–H and O–H groups in total. The van der Waals surface area contributed by atoms with Crippen molar-refractivity contribution in [2.75, 3.05) is 7.11 Å². The molecule has 1 radical (unpaired) electrons. The van der Waals surface area contributed by atoms with Crippen molar-refractivity contribution in [3.63, 3.8) is 0 Å². The Labute approximate surface area is 79.2 Å². The molecule has 1 aromatic rings. The van der Waals surface area contributed by atoms with E-state index >= 15 is 0 Å². The van der Waals surface area contributed by atoms with Crippen molar-refractivity contribution in [1.29, 1.82) is 0 Å². The summed E-state index contributed by atoms with van der Waals surface area (Å²) in [5.74, 6) is -1.49. The number of benzene rings is 1. The molecule has 0 saturated carbocycles. The van der Waals surface area contributed by atoms with Gasteiger partial charge < -0.3 is 4.74 Å². The van der Waals surface area contributed by atoms with E-state index in [9.17, 15) is 5.11 Å². The summed E-state index contributed by atoms with van der Waals surface area (Å²) in [6, 6.07) is 9.68. The summed E-state index contributed by atoms with van der Waals surface area (Å²) >= 11 is 0. The Hall–Kier alpha value is -0.860. The Kier molecular flexibility index (Phi) is 3.07. The summed E-state index contributed by atoms with van der Waals surface area (Å²) in [6.45, 7) is 3.44. The lowest BCUT2D eigenvalue weighted by molar-refractivity contribution is -0.224. The van der Waals surface area contributed by atoms with Crippen molar-refractivity contribution in [2.24, 2.45) is 0 Å². The van der Waals surface area contributed by atoms with Crippen LogP contribution in [0.15, 0.2) is 30.3 Å². The molecular formula is C11H15O2. The molecule has 0 aromatic heterocycles. The van der Waals surface area contributed by atoms with Crippen LogP contribution in [0, 0.1) is 0 Å². The molecule has 0 aliphatic heterocycles. The van der Waals surface area contributed by atoms with Gasteiger partial charge in [-0.25, -0.2) is 0 Å². The molecule has 71 valence electrons. The third-order valence-corrected chi connectivity index (χ3v) is 2.49. The van der Waals surface area contributed by atoms with Gasteiger partial charge in [0.25, 0.3) is 0 Å². The zero-order chi connectivity index (χ0) is 9.90. The van der Waals surface area contributed by atoms with E-state index in [1.54, 1.807) is 6.92 Å². The summed E-state index contributed by atoms with van der Waals surface area (Å²) in [5, 5.41) is 11.7. The van der Waals surface area contributed by atoms with Gasteiger partial charge in [0, 0.05) is 13.0 Å². The standard InChI is InChI=1S/C11H15O2/c1-9(11(2,12)13-3)10-7-5-4-6-8-10/h4-9H,1-3H3. The maximum Gasteiger partial charge on any atom is 0.205 e. The van der Waals surface area contributed by atoms with Gasteiger partial charge in [-0.15, -0.1) is 0 Å². The lowest BCUT2D eigenvalue weighted by Gasteiger charge is -2.26. The van der Waals surface area contributed by atoms with E-state index in [1.165, 1.54) is 7.11 Å². The summed E-state index contributed by atoms with van der Waals surface area (Å²) in [5.41, 5.74) is 1.02. The van der Waals surface area contributed by atoms with Crippen molar-refractivity contribution in [1.82, 2.24) is 0 Å². The van der Waals surface area contributed by atoms with Gasteiger partial charge in [-0.1, -0.05) is 37.3 Å². The Bertz CT molecular complexity index is 254. The fraction of sp³-hybridized carbons (Fsp3) is 0.455. The zero-order valence-electron chi connectivity index (χ0n) is 8.28. The molecule has 0 aliphatic rings. The van der Waals surface area contributed by atoms with Gasteiger partial charge in [0.15, 0.2) is 0 Å². The van der Waals surface area contributed by atoms with E-state index in [0.717, 1.165) is 5.56 Å². The Balaban J connectivity index is 2.85. The quantitative estimate of drug-likeness (QED) is 0.656. The molecule has 1 rings (SSSR count). The maximum atomic E-state index is 11.7. The van der Waals surface area contributed by atoms with Crippen LogP contribution in [0.4, 0.5) is 0 Å². The van der Waals surface area contributed by atoms with Crippen LogP contribution in [0.2, 0.25) is 0 Å². The van der Waals surface area contributed by atoms with Crippen LogP contribution in [0.25, 0.3) is 0 Å². The second kappa shape index (κ2) is 3.90. The highest BCUT2D eigenvalue weighted by Gasteiger charge is 2.30. The monoisotopic (exact) mass is 179 g/mol. The summed E-state index contributed by atoms with van der Waals surface area (Å²) < 4.78 is 4.90. The molecule has 0 aliphatic carbocycles. The van der Waals surface area contributed by atoms with Crippen molar-refractivity contribution in [2.45, 2.75) is 25.6 Å².